The van der Waals surface area contributed by atoms with Gasteiger partial charge < -0.3 is 4.57 Å². The Hall–Kier alpha value is -2.68. The largest absolute Gasteiger partial charge is 0.306 e. The summed E-state index contributed by atoms with van der Waals surface area (Å²) in [5, 5.41) is 2.10. The number of hydrogen-bond donors (Lipinski definition) is 0. The minimum Gasteiger partial charge on any atom is -0.306 e. The van der Waals surface area contributed by atoms with Crippen LogP contribution in [0.5, 0.6) is 0 Å². The number of rotatable bonds is 1. The van der Waals surface area contributed by atoms with Gasteiger partial charge in [0.05, 0.1) is 16.7 Å². The molecule has 0 saturated heterocycles. The van der Waals surface area contributed by atoms with Crippen molar-refractivity contribution in [2.45, 2.75) is 20.8 Å². The molecule has 1 aromatic heterocycles. The molecule has 0 unspecified atom stereocenters. The van der Waals surface area contributed by atoms with Gasteiger partial charge in [0.25, 0.3) is 0 Å². The Balaban J connectivity index is 2.20. The van der Waals surface area contributed by atoms with Gasteiger partial charge in [0, 0.05) is 16.8 Å². The van der Waals surface area contributed by atoms with Crippen LogP contribution in [0.25, 0.3) is 27.5 Å². The first kappa shape index (κ1) is 14.9. The molecule has 0 spiro atoms. The number of hydrogen-bond acceptors (Lipinski definition) is 0. The fourth-order valence-electron chi connectivity index (χ4n) is 3.32. The summed E-state index contributed by atoms with van der Waals surface area (Å²) in [7, 11) is 0. The average molecular weight is 321 g/mol. The minimum atomic E-state index is -0.422. The summed E-state index contributed by atoms with van der Waals surface area (Å²) in [6.45, 7) is 5.63. The zero-order valence-corrected chi connectivity index (χ0v) is 13.8. The van der Waals surface area contributed by atoms with E-state index in [2.05, 4.69) is 12.1 Å². The fraction of sp³-hybridized carbons (Fsp3) is 0.143. The van der Waals surface area contributed by atoms with Crippen LogP contribution in [0.1, 0.15) is 16.7 Å². The Labute approximate surface area is 139 Å². The SMILES string of the molecule is Cc1ccc2c(c1)c1cc(C)ccc1n2-c1cc(F)c(C)cc1F. The van der Waals surface area contributed by atoms with Crippen LogP contribution in [-0.4, -0.2) is 4.57 Å². The molecule has 24 heavy (non-hydrogen) atoms. The Morgan fingerprint density at radius 1 is 0.667 bits per heavy atom. The molecule has 0 radical (unpaired) electrons. The molecule has 1 nitrogen and oxygen atoms in total. The minimum absolute atomic E-state index is 0.241. The van der Waals surface area contributed by atoms with Gasteiger partial charge in [-0.2, -0.15) is 0 Å². The van der Waals surface area contributed by atoms with E-state index in [-0.39, 0.29) is 5.69 Å². The third kappa shape index (κ3) is 2.12. The quantitative estimate of drug-likeness (QED) is 0.406. The number of benzene rings is 3. The summed E-state index contributed by atoms with van der Waals surface area (Å²) in [5.41, 5.74) is 4.58. The molecule has 0 amide bonds. The maximum atomic E-state index is 14.6. The van der Waals surface area contributed by atoms with Crippen molar-refractivity contribution in [2.75, 3.05) is 0 Å². The molecule has 120 valence electrons. The first-order chi connectivity index (χ1) is 11.5. The molecule has 0 bridgehead atoms. The summed E-state index contributed by atoms with van der Waals surface area (Å²) in [6.07, 6.45) is 0. The third-order valence-corrected chi connectivity index (χ3v) is 4.55. The lowest BCUT2D eigenvalue weighted by Crippen LogP contribution is -2.00. The van der Waals surface area contributed by atoms with E-state index in [0.717, 1.165) is 32.9 Å². The summed E-state index contributed by atoms with van der Waals surface area (Å²) in [6, 6.07) is 14.6. The summed E-state index contributed by atoms with van der Waals surface area (Å²) >= 11 is 0. The van der Waals surface area contributed by atoms with Crippen LogP contribution in [0.15, 0.2) is 48.5 Å². The van der Waals surface area contributed by atoms with Crippen molar-refractivity contribution >= 4 is 21.8 Å². The summed E-state index contributed by atoms with van der Waals surface area (Å²) in [5.74, 6) is -0.825. The van der Waals surface area contributed by atoms with Gasteiger partial charge in [-0.25, -0.2) is 8.78 Å². The highest BCUT2D eigenvalue weighted by Crippen LogP contribution is 2.34. The van der Waals surface area contributed by atoms with Crippen LogP contribution in [0, 0.1) is 32.4 Å². The van der Waals surface area contributed by atoms with Crippen LogP contribution in [0.3, 0.4) is 0 Å². The zero-order valence-electron chi connectivity index (χ0n) is 13.8. The smallest absolute Gasteiger partial charge is 0.147 e. The normalized spacial score (nSPS) is 11.5. The van der Waals surface area contributed by atoms with Crippen LogP contribution in [0.2, 0.25) is 0 Å². The standard InChI is InChI=1S/C21H17F2N/c1-12-4-6-19-15(8-12)16-9-13(2)5-7-20(16)24(19)21-11-17(22)14(3)10-18(21)23/h4-11H,1-3H3. The molecule has 0 aliphatic heterocycles. The van der Waals surface area contributed by atoms with Crippen LogP contribution in [0.4, 0.5) is 8.78 Å². The molecule has 0 fully saturated rings. The second-order valence-corrected chi connectivity index (χ2v) is 6.43. The van der Waals surface area contributed by atoms with Gasteiger partial charge in [-0.05, 0) is 56.7 Å². The van der Waals surface area contributed by atoms with Crippen LogP contribution >= 0.6 is 0 Å². The highest BCUT2D eigenvalue weighted by Gasteiger charge is 2.16. The first-order valence-corrected chi connectivity index (χ1v) is 7.93. The van der Waals surface area contributed by atoms with Crippen molar-refractivity contribution in [3.63, 3.8) is 0 Å². The van der Waals surface area contributed by atoms with Crippen molar-refractivity contribution in [3.8, 4) is 5.69 Å². The fourth-order valence-corrected chi connectivity index (χ4v) is 3.32. The van der Waals surface area contributed by atoms with E-state index in [0.29, 0.717) is 5.56 Å². The molecule has 0 atom stereocenters. The number of aromatic nitrogens is 1. The van der Waals surface area contributed by atoms with E-state index < -0.39 is 11.6 Å². The van der Waals surface area contributed by atoms with Crippen molar-refractivity contribution in [2.24, 2.45) is 0 Å². The number of aryl methyl sites for hydroxylation is 3. The molecule has 0 N–H and O–H groups in total. The topological polar surface area (TPSA) is 4.93 Å². The van der Waals surface area contributed by atoms with E-state index in [4.69, 9.17) is 0 Å². The lowest BCUT2D eigenvalue weighted by atomic mass is 10.1. The molecular weight excluding hydrogens is 304 g/mol. The molecule has 4 rings (SSSR count). The molecule has 3 heteroatoms. The van der Waals surface area contributed by atoms with E-state index in [1.807, 2.05) is 38.1 Å². The lowest BCUT2D eigenvalue weighted by Gasteiger charge is -2.10. The Kier molecular flexibility index (Phi) is 3.20. The molecule has 0 saturated carbocycles. The predicted octanol–water partition coefficient (Wildman–Crippen LogP) is 5.99. The van der Waals surface area contributed by atoms with Gasteiger partial charge in [-0.1, -0.05) is 23.3 Å². The second-order valence-electron chi connectivity index (χ2n) is 6.43. The van der Waals surface area contributed by atoms with Gasteiger partial charge >= 0.3 is 0 Å². The van der Waals surface area contributed by atoms with Gasteiger partial charge in [0.2, 0.25) is 0 Å². The molecule has 3 aromatic carbocycles. The summed E-state index contributed by atoms with van der Waals surface area (Å²) in [4.78, 5) is 0. The average Bonchev–Trinajstić information content (AvgIpc) is 2.84. The first-order valence-electron chi connectivity index (χ1n) is 7.93. The van der Waals surface area contributed by atoms with Crippen LogP contribution in [-0.2, 0) is 0 Å². The van der Waals surface area contributed by atoms with Crippen molar-refractivity contribution in [1.29, 1.82) is 0 Å². The molecule has 1 heterocycles. The monoisotopic (exact) mass is 321 g/mol. The van der Waals surface area contributed by atoms with Crippen LogP contribution < -0.4 is 0 Å². The Bertz CT molecular complexity index is 1050. The highest BCUT2D eigenvalue weighted by atomic mass is 19.1. The van der Waals surface area contributed by atoms with Crippen molar-refractivity contribution in [1.82, 2.24) is 4.57 Å². The third-order valence-electron chi connectivity index (χ3n) is 4.55. The summed E-state index contributed by atoms with van der Waals surface area (Å²) < 4.78 is 30.5. The maximum Gasteiger partial charge on any atom is 0.147 e. The van der Waals surface area contributed by atoms with Crippen molar-refractivity contribution < 1.29 is 8.78 Å². The maximum absolute atomic E-state index is 14.6. The van der Waals surface area contributed by atoms with E-state index in [1.165, 1.54) is 12.1 Å². The lowest BCUT2D eigenvalue weighted by molar-refractivity contribution is 0.587. The number of halogens is 2. The predicted molar refractivity (Wildman–Crippen MR) is 94.9 cm³/mol. The Morgan fingerprint density at radius 2 is 1.21 bits per heavy atom. The number of fused-ring (bicyclic) bond motifs is 3. The van der Waals surface area contributed by atoms with Gasteiger partial charge in [-0.3, -0.25) is 0 Å². The molecular formula is C21H17F2N. The second kappa shape index (κ2) is 5.17. The molecule has 4 aromatic rings. The molecule has 0 aliphatic carbocycles. The zero-order chi connectivity index (χ0) is 17.0. The van der Waals surface area contributed by atoms with E-state index in [9.17, 15) is 8.78 Å². The van der Waals surface area contributed by atoms with E-state index in [1.54, 1.807) is 11.5 Å². The Morgan fingerprint density at radius 3 is 1.75 bits per heavy atom. The molecule has 0 aliphatic rings. The van der Waals surface area contributed by atoms with Gasteiger partial charge in [-0.15, -0.1) is 0 Å². The van der Waals surface area contributed by atoms with Crippen molar-refractivity contribution in [3.05, 3.63) is 76.9 Å². The van der Waals surface area contributed by atoms with E-state index >= 15 is 0 Å². The number of nitrogens with zero attached hydrogens (tertiary/aromatic N) is 1. The van der Waals surface area contributed by atoms with Gasteiger partial charge in [0.15, 0.2) is 0 Å². The van der Waals surface area contributed by atoms with Gasteiger partial charge in [0.1, 0.15) is 11.6 Å². The highest BCUT2D eigenvalue weighted by molar-refractivity contribution is 6.09.